The number of ether oxygens (including phenoxy) is 1. The van der Waals surface area contributed by atoms with Crippen molar-refractivity contribution in [1.29, 1.82) is 0 Å². The van der Waals surface area contributed by atoms with Crippen LogP contribution in [0.25, 0.3) is 11.0 Å². The number of halogens is 1. The second-order valence-corrected chi connectivity index (χ2v) is 7.27. The number of piperidine rings is 1. The summed E-state index contributed by atoms with van der Waals surface area (Å²) in [5.41, 5.74) is 3.14. The highest BCUT2D eigenvalue weighted by Gasteiger charge is 2.29. The van der Waals surface area contributed by atoms with Crippen molar-refractivity contribution in [2.45, 2.75) is 19.4 Å². The number of fused-ring (bicyclic) bond motifs is 1. The Kier molecular flexibility index (Phi) is 5.09. The van der Waals surface area contributed by atoms with E-state index in [9.17, 15) is 4.79 Å². The molecule has 4 rings (SSSR count). The first-order valence-electron chi connectivity index (χ1n) is 8.96. The molecule has 0 radical (unpaired) electrons. The summed E-state index contributed by atoms with van der Waals surface area (Å²) >= 11 is 6.10. The number of rotatable bonds is 5. The van der Waals surface area contributed by atoms with Gasteiger partial charge in [-0.2, -0.15) is 0 Å². The highest BCUT2D eigenvalue weighted by atomic mass is 35.5. The minimum absolute atomic E-state index is 0.0826. The first kappa shape index (κ1) is 17.9. The van der Waals surface area contributed by atoms with E-state index < -0.39 is 0 Å². The van der Waals surface area contributed by atoms with Gasteiger partial charge in [-0.1, -0.05) is 23.7 Å². The van der Waals surface area contributed by atoms with Crippen LogP contribution in [-0.4, -0.2) is 41.2 Å². The number of ketones is 1. The minimum Gasteiger partial charge on any atom is -0.496 e. The summed E-state index contributed by atoms with van der Waals surface area (Å²) in [5, 5.41) is 8.44. The molecule has 0 N–H and O–H groups in total. The zero-order valence-electron chi connectivity index (χ0n) is 15.0. The molecule has 1 unspecified atom stereocenters. The number of carbonyl (C=O) groups is 1. The van der Waals surface area contributed by atoms with Crippen LogP contribution in [0.1, 0.15) is 28.8 Å². The van der Waals surface area contributed by atoms with Crippen molar-refractivity contribution in [3.8, 4) is 5.75 Å². The lowest BCUT2D eigenvalue weighted by molar-refractivity contribution is 0.0809. The van der Waals surface area contributed by atoms with Crippen LogP contribution in [0.15, 0.2) is 41.0 Å². The Morgan fingerprint density at radius 2 is 2.22 bits per heavy atom. The van der Waals surface area contributed by atoms with Crippen molar-refractivity contribution < 1.29 is 14.2 Å². The second-order valence-electron chi connectivity index (χ2n) is 6.83. The molecule has 0 saturated carbocycles. The molecule has 1 aliphatic heterocycles. The quantitative estimate of drug-likeness (QED) is 0.619. The molecule has 27 heavy (non-hydrogen) atoms. The van der Waals surface area contributed by atoms with Gasteiger partial charge >= 0.3 is 0 Å². The molecule has 1 atom stereocenters. The van der Waals surface area contributed by atoms with Crippen LogP contribution in [0.4, 0.5) is 0 Å². The minimum atomic E-state index is -0.0826. The van der Waals surface area contributed by atoms with Gasteiger partial charge in [0.25, 0.3) is 0 Å². The predicted molar refractivity (Wildman–Crippen MR) is 102 cm³/mol. The predicted octanol–water partition coefficient (Wildman–Crippen LogP) is 3.98. The zero-order valence-corrected chi connectivity index (χ0v) is 15.8. The molecule has 0 aliphatic carbocycles. The number of carbonyl (C=O) groups excluding carboxylic acids is 1. The van der Waals surface area contributed by atoms with Gasteiger partial charge in [-0.05, 0) is 59.5 Å². The number of nitrogens with zero attached hydrogens (tertiary/aromatic N) is 3. The molecule has 7 heteroatoms. The molecule has 1 fully saturated rings. The van der Waals surface area contributed by atoms with E-state index in [0.29, 0.717) is 29.4 Å². The topological polar surface area (TPSA) is 68.5 Å². The standard InChI is InChI=1S/C20H20ClN3O3/c1-26-18-8-7-15(21)10-16(18)20(25)14-5-3-9-24(12-14)11-13-4-2-6-17-19(13)23-27-22-17/h2,4,6-8,10,14H,3,5,9,11-12H2,1H3. The van der Waals surface area contributed by atoms with E-state index in [-0.39, 0.29) is 11.7 Å². The average molecular weight is 386 g/mol. The lowest BCUT2D eigenvalue weighted by atomic mass is 9.89. The summed E-state index contributed by atoms with van der Waals surface area (Å²) in [7, 11) is 1.57. The molecule has 0 bridgehead atoms. The maximum absolute atomic E-state index is 13.1. The van der Waals surface area contributed by atoms with Gasteiger partial charge in [0.15, 0.2) is 5.78 Å². The zero-order chi connectivity index (χ0) is 18.8. The molecule has 1 aromatic heterocycles. The summed E-state index contributed by atoms with van der Waals surface area (Å²) in [5.74, 6) is 0.570. The van der Waals surface area contributed by atoms with Crippen LogP contribution in [0.2, 0.25) is 5.02 Å². The van der Waals surface area contributed by atoms with E-state index in [2.05, 4.69) is 15.2 Å². The Balaban J connectivity index is 1.52. The number of hydrogen-bond acceptors (Lipinski definition) is 6. The molecule has 2 aromatic carbocycles. The van der Waals surface area contributed by atoms with Gasteiger partial charge < -0.3 is 4.74 Å². The van der Waals surface area contributed by atoms with Crippen molar-refractivity contribution in [2.24, 2.45) is 5.92 Å². The number of hydrogen-bond donors (Lipinski definition) is 0. The van der Waals surface area contributed by atoms with Gasteiger partial charge in [-0.15, -0.1) is 0 Å². The number of Topliss-reactive ketones (excluding diaryl/α,β-unsaturated/α-hetero) is 1. The summed E-state index contributed by atoms with van der Waals surface area (Å²) in [6.45, 7) is 2.34. The molecule has 3 aromatic rings. The fourth-order valence-electron chi connectivity index (χ4n) is 3.74. The van der Waals surface area contributed by atoms with Gasteiger partial charge in [0.1, 0.15) is 16.8 Å². The number of methoxy groups -OCH3 is 1. The normalized spacial score (nSPS) is 17.9. The Morgan fingerprint density at radius 3 is 3.07 bits per heavy atom. The maximum atomic E-state index is 13.1. The fourth-order valence-corrected chi connectivity index (χ4v) is 3.91. The van der Waals surface area contributed by atoms with Crippen LogP contribution < -0.4 is 4.74 Å². The van der Waals surface area contributed by atoms with Crippen molar-refractivity contribution in [1.82, 2.24) is 15.2 Å². The number of benzene rings is 2. The molecular weight excluding hydrogens is 366 g/mol. The molecule has 140 valence electrons. The van der Waals surface area contributed by atoms with Crippen molar-refractivity contribution in [2.75, 3.05) is 20.2 Å². The third-order valence-electron chi connectivity index (χ3n) is 5.07. The molecule has 0 amide bonds. The Bertz CT molecular complexity index is 972. The Hall–Kier alpha value is -2.44. The Morgan fingerprint density at radius 1 is 1.33 bits per heavy atom. The van der Waals surface area contributed by atoms with Crippen LogP contribution in [0.5, 0.6) is 5.75 Å². The molecule has 2 heterocycles. The van der Waals surface area contributed by atoms with E-state index in [1.165, 1.54) is 0 Å². The van der Waals surface area contributed by atoms with Crippen molar-refractivity contribution in [3.05, 3.63) is 52.5 Å². The summed E-state index contributed by atoms with van der Waals surface area (Å²) < 4.78 is 10.2. The summed E-state index contributed by atoms with van der Waals surface area (Å²) in [4.78, 5) is 15.4. The van der Waals surface area contributed by atoms with Gasteiger partial charge in [0.2, 0.25) is 0 Å². The molecule has 1 saturated heterocycles. The van der Waals surface area contributed by atoms with Crippen LogP contribution >= 0.6 is 11.6 Å². The number of likely N-dealkylation sites (tertiary alicyclic amines) is 1. The second kappa shape index (κ2) is 7.66. The van der Waals surface area contributed by atoms with E-state index in [1.54, 1.807) is 25.3 Å². The van der Waals surface area contributed by atoms with Gasteiger partial charge in [-0.3, -0.25) is 9.69 Å². The number of aromatic nitrogens is 2. The fraction of sp³-hybridized carbons (Fsp3) is 0.350. The maximum Gasteiger partial charge on any atom is 0.170 e. The molecule has 6 nitrogen and oxygen atoms in total. The largest absolute Gasteiger partial charge is 0.496 e. The monoisotopic (exact) mass is 385 g/mol. The van der Waals surface area contributed by atoms with Crippen molar-refractivity contribution in [3.63, 3.8) is 0 Å². The SMILES string of the molecule is COc1ccc(Cl)cc1C(=O)C1CCCN(Cc2cccc3nonc23)C1. The summed E-state index contributed by atoms with van der Waals surface area (Å²) in [6, 6.07) is 11.0. The van der Waals surface area contributed by atoms with Crippen LogP contribution in [0.3, 0.4) is 0 Å². The smallest absolute Gasteiger partial charge is 0.170 e. The highest BCUT2D eigenvalue weighted by molar-refractivity contribution is 6.31. The molecule has 1 aliphatic rings. The summed E-state index contributed by atoms with van der Waals surface area (Å²) in [6.07, 6.45) is 1.83. The van der Waals surface area contributed by atoms with Crippen LogP contribution in [0, 0.1) is 5.92 Å². The van der Waals surface area contributed by atoms with Gasteiger partial charge in [-0.25, -0.2) is 4.63 Å². The molecular formula is C20H20ClN3O3. The lowest BCUT2D eigenvalue weighted by Gasteiger charge is -2.32. The van der Waals surface area contributed by atoms with E-state index >= 15 is 0 Å². The van der Waals surface area contributed by atoms with Crippen molar-refractivity contribution >= 4 is 28.4 Å². The Labute approximate surface area is 162 Å². The molecule has 0 spiro atoms. The highest BCUT2D eigenvalue weighted by Crippen LogP contribution is 2.29. The first-order chi connectivity index (χ1) is 13.2. The average Bonchev–Trinajstić information content (AvgIpc) is 3.17. The lowest BCUT2D eigenvalue weighted by Crippen LogP contribution is -2.38. The third-order valence-corrected chi connectivity index (χ3v) is 5.30. The van der Waals surface area contributed by atoms with Crippen LogP contribution in [-0.2, 0) is 6.54 Å². The van der Waals surface area contributed by atoms with E-state index in [0.717, 1.165) is 36.0 Å². The van der Waals surface area contributed by atoms with E-state index in [4.69, 9.17) is 21.0 Å². The van der Waals surface area contributed by atoms with Gasteiger partial charge in [0, 0.05) is 24.0 Å². The van der Waals surface area contributed by atoms with Gasteiger partial charge in [0.05, 0.1) is 12.7 Å². The van der Waals surface area contributed by atoms with E-state index in [1.807, 2.05) is 18.2 Å². The third kappa shape index (κ3) is 3.68. The first-order valence-corrected chi connectivity index (χ1v) is 9.34.